The van der Waals surface area contributed by atoms with Crippen LogP contribution in [0.15, 0.2) is 12.1 Å². The summed E-state index contributed by atoms with van der Waals surface area (Å²) in [6.45, 7) is 4.08. The summed E-state index contributed by atoms with van der Waals surface area (Å²) in [4.78, 5) is 12.1. The lowest BCUT2D eigenvalue weighted by molar-refractivity contribution is -0.116. The van der Waals surface area contributed by atoms with E-state index in [1.165, 1.54) is 13.2 Å². The van der Waals surface area contributed by atoms with Gasteiger partial charge in [-0.25, -0.2) is 4.39 Å². The molecule has 0 spiro atoms. The predicted octanol–water partition coefficient (Wildman–Crippen LogP) is 3.82. The van der Waals surface area contributed by atoms with Crippen LogP contribution in [-0.2, 0) is 11.8 Å². The molecular weight excluding hydrogens is 333 g/mol. The molecule has 1 aliphatic heterocycles. The third kappa shape index (κ3) is 2.65. The molecule has 7 heteroatoms. The van der Waals surface area contributed by atoms with Crippen LogP contribution in [0, 0.1) is 5.82 Å². The number of methoxy groups -OCH3 is 1. The Morgan fingerprint density at radius 3 is 2.75 bits per heavy atom. The second-order valence-electron chi connectivity index (χ2n) is 6.25. The molecule has 0 saturated heterocycles. The van der Waals surface area contributed by atoms with E-state index < -0.39 is 5.82 Å². The molecule has 0 bridgehead atoms. The van der Waals surface area contributed by atoms with Gasteiger partial charge in [0, 0.05) is 24.9 Å². The van der Waals surface area contributed by atoms with Crippen molar-refractivity contribution in [3.63, 3.8) is 0 Å². The number of benzene rings is 1. The number of nitrogens with zero attached hydrogens (tertiary/aromatic N) is 2. The molecule has 1 atom stereocenters. The van der Waals surface area contributed by atoms with Crippen molar-refractivity contribution >= 4 is 23.3 Å². The van der Waals surface area contributed by atoms with Gasteiger partial charge < -0.3 is 10.1 Å². The first-order valence-corrected chi connectivity index (χ1v) is 8.10. The Labute approximate surface area is 144 Å². The highest BCUT2D eigenvalue weighted by Crippen LogP contribution is 2.43. The van der Waals surface area contributed by atoms with Crippen molar-refractivity contribution in [2.45, 2.75) is 32.1 Å². The summed E-state index contributed by atoms with van der Waals surface area (Å²) in [5.41, 5.74) is 2.46. The number of anilines is 1. The summed E-state index contributed by atoms with van der Waals surface area (Å²) < 4.78 is 20.9. The average molecular weight is 352 g/mol. The Kier molecular flexibility index (Phi) is 4.25. The molecule has 1 aromatic carbocycles. The van der Waals surface area contributed by atoms with Gasteiger partial charge in [0.25, 0.3) is 0 Å². The first-order chi connectivity index (χ1) is 11.3. The Morgan fingerprint density at radius 1 is 1.46 bits per heavy atom. The fourth-order valence-corrected chi connectivity index (χ4v) is 3.50. The molecule has 0 aliphatic carbocycles. The van der Waals surface area contributed by atoms with Crippen LogP contribution in [0.3, 0.4) is 0 Å². The van der Waals surface area contributed by atoms with Gasteiger partial charge in [0.15, 0.2) is 11.6 Å². The van der Waals surface area contributed by atoms with E-state index in [2.05, 4.69) is 10.4 Å². The molecule has 0 fully saturated rings. The van der Waals surface area contributed by atoms with Crippen LogP contribution in [-0.4, -0.2) is 22.8 Å². The molecular formula is C17H19ClFN3O2. The lowest BCUT2D eigenvalue weighted by atomic mass is 9.83. The number of nitrogens with one attached hydrogen (secondary N) is 1. The maximum Gasteiger partial charge on any atom is 0.226 e. The maximum absolute atomic E-state index is 14.3. The molecule has 1 unspecified atom stereocenters. The smallest absolute Gasteiger partial charge is 0.226 e. The molecule has 1 N–H and O–H groups in total. The van der Waals surface area contributed by atoms with Crippen molar-refractivity contribution in [2.75, 3.05) is 12.4 Å². The van der Waals surface area contributed by atoms with E-state index in [9.17, 15) is 9.18 Å². The van der Waals surface area contributed by atoms with Crippen LogP contribution in [0.1, 0.15) is 48.9 Å². The van der Waals surface area contributed by atoms with E-state index in [1.54, 1.807) is 17.8 Å². The number of fused-ring (bicyclic) bond motifs is 1. The Morgan fingerprint density at radius 2 is 2.17 bits per heavy atom. The minimum Gasteiger partial charge on any atom is -0.492 e. The van der Waals surface area contributed by atoms with E-state index in [4.69, 9.17) is 16.3 Å². The lowest BCUT2D eigenvalue weighted by Crippen LogP contribution is -2.25. The van der Waals surface area contributed by atoms with Crippen LogP contribution < -0.4 is 10.1 Å². The van der Waals surface area contributed by atoms with Crippen LogP contribution in [0.5, 0.6) is 5.75 Å². The quantitative estimate of drug-likeness (QED) is 0.914. The van der Waals surface area contributed by atoms with Gasteiger partial charge in [0.1, 0.15) is 5.82 Å². The fraction of sp³-hybridized carbons (Fsp3) is 0.412. The van der Waals surface area contributed by atoms with Crippen molar-refractivity contribution in [2.24, 2.45) is 7.05 Å². The minimum atomic E-state index is -0.539. The SMILES string of the molecule is COc1c(F)cc(C2CC(=O)Nc3c2c(C(C)C)nn3C)cc1Cl. The molecule has 2 heterocycles. The normalized spacial score (nSPS) is 17.0. The van der Waals surface area contributed by atoms with Gasteiger partial charge in [-0.05, 0) is 23.6 Å². The van der Waals surface area contributed by atoms with Crippen molar-refractivity contribution in [3.05, 3.63) is 39.8 Å². The molecule has 1 aliphatic rings. The number of hydrogen-bond acceptors (Lipinski definition) is 3. The van der Waals surface area contributed by atoms with E-state index in [0.29, 0.717) is 11.4 Å². The average Bonchev–Trinajstić information content (AvgIpc) is 2.83. The molecule has 0 saturated carbocycles. The highest BCUT2D eigenvalue weighted by molar-refractivity contribution is 6.32. The number of aryl methyl sites for hydroxylation is 1. The van der Waals surface area contributed by atoms with Gasteiger partial charge in [0.2, 0.25) is 5.91 Å². The summed E-state index contributed by atoms with van der Waals surface area (Å²) >= 11 is 6.14. The van der Waals surface area contributed by atoms with E-state index >= 15 is 0 Å². The number of aromatic nitrogens is 2. The van der Waals surface area contributed by atoms with E-state index in [1.807, 2.05) is 13.8 Å². The van der Waals surface area contributed by atoms with Gasteiger partial charge in [-0.2, -0.15) is 5.10 Å². The number of carbonyl (C=O) groups excluding carboxylic acids is 1. The van der Waals surface area contributed by atoms with Crippen LogP contribution in [0.25, 0.3) is 0 Å². The van der Waals surface area contributed by atoms with Crippen molar-refractivity contribution in [3.8, 4) is 5.75 Å². The number of ether oxygens (including phenoxy) is 1. The predicted molar refractivity (Wildman–Crippen MR) is 90.3 cm³/mol. The highest BCUT2D eigenvalue weighted by Gasteiger charge is 2.34. The fourth-order valence-electron chi connectivity index (χ4n) is 3.21. The largest absolute Gasteiger partial charge is 0.492 e. The van der Waals surface area contributed by atoms with Gasteiger partial charge in [-0.1, -0.05) is 25.4 Å². The second-order valence-corrected chi connectivity index (χ2v) is 6.66. The van der Waals surface area contributed by atoms with Gasteiger partial charge in [-0.3, -0.25) is 9.48 Å². The molecule has 2 aromatic rings. The Bertz CT molecular complexity index is 793. The summed E-state index contributed by atoms with van der Waals surface area (Å²) in [6, 6.07) is 3.04. The number of halogens is 2. The summed E-state index contributed by atoms with van der Waals surface area (Å²) in [5, 5.41) is 7.59. The first-order valence-electron chi connectivity index (χ1n) is 7.73. The van der Waals surface area contributed by atoms with Crippen LogP contribution in [0.4, 0.5) is 10.2 Å². The summed E-state index contributed by atoms with van der Waals surface area (Å²) in [6.07, 6.45) is 0.223. The van der Waals surface area contributed by atoms with Crippen molar-refractivity contribution < 1.29 is 13.9 Å². The third-order valence-corrected chi connectivity index (χ3v) is 4.56. The number of hydrogen-bond donors (Lipinski definition) is 1. The number of amides is 1. The number of carbonyl (C=O) groups is 1. The second kappa shape index (κ2) is 6.09. The number of rotatable bonds is 3. The standard InChI is InChI=1S/C17H19ClFN3O2/c1-8(2)15-14-10(7-13(23)20-17(14)22(3)21-15)9-5-11(18)16(24-4)12(19)6-9/h5-6,8,10H,7H2,1-4H3,(H,20,23). The topological polar surface area (TPSA) is 56.1 Å². The molecule has 3 rings (SSSR count). The van der Waals surface area contributed by atoms with Gasteiger partial charge >= 0.3 is 0 Å². The zero-order valence-electron chi connectivity index (χ0n) is 14.0. The summed E-state index contributed by atoms with van der Waals surface area (Å²) in [5.74, 6) is -0.113. The maximum atomic E-state index is 14.3. The molecule has 5 nitrogen and oxygen atoms in total. The molecule has 0 radical (unpaired) electrons. The van der Waals surface area contributed by atoms with Gasteiger partial charge in [0.05, 0.1) is 17.8 Å². The van der Waals surface area contributed by atoms with E-state index in [0.717, 1.165) is 11.3 Å². The lowest BCUT2D eigenvalue weighted by Gasteiger charge is -2.25. The monoisotopic (exact) mass is 351 g/mol. The highest BCUT2D eigenvalue weighted by atomic mass is 35.5. The third-order valence-electron chi connectivity index (χ3n) is 4.28. The van der Waals surface area contributed by atoms with E-state index in [-0.39, 0.29) is 34.9 Å². The molecule has 24 heavy (non-hydrogen) atoms. The Balaban J connectivity index is 2.19. The zero-order chi connectivity index (χ0) is 17.6. The van der Waals surface area contributed by atoms with Gasteiger partial charge in [-0.15, -0.1) is 0 Å². The molecule has 1 amide bonds. The summed E-state index contributed by atoms with van der Waals surface area (Å²) in [7, 11) is 3.16. The minimum absolute atomic E-state index is 0.0103. The van der Waals surface area contributed by atoms with Crippen molar-refractivity contribution in [1.29, 1.82) is 0 Å². The van der Waals surface area contributed by atoms with Crippen molar-refractivity contribution in [1.82, 2.24) is 9.78 Å². The van der Waals surface area contributed by atoms with Crippen LogP contribution in [0.2, 0.25) is 5.02 Å². The molecule has 128 valence electrons. The zero-order valence-corrected chi connectivity index (χ0v) is 14.7. The Hall–Kier alpha value is -2.08. The molecule has 1 aromatic heterocycles. The van der Waals surface area contributed by atoms with Crippen LogP contribution >= 0.6 is 11.6 Å². The first kappa shape index (κ1) is 16.8.